The van der Waals surface area contributed by atoms with Crippen LogP contribution in [0.15, 0.2) is 12.1 Å². The molecule has 0 aliphatic carbocycles. The average molecular weight is 215 g/mol. The Balaban J connectivity index is 3.33. The van der Waals surface area contributed by atoms with E-state index in [4.69, 9.17) is 21.4 Å². The van der Waals surface area contributed by atoms with E-state index in [-0.39, 0.29) is 11.3 Å². The van der Waals surface area contributed by atoms with Crippen molar-refractivity contribution < 1.29 is 14.6 Å². The van der Waals surface area contributed by atoms with Crippen LogP contribution in [0.5, 0.6) is 5.75 Å². The van der Waals surface area contributed by atoms with Crippen molar-refractivity contribution in [1.82, 2.24) is 0 Å². The summed E-state index contributed by atoms with van der Waals surface area (Å²) in [5.41, 5.74) is 0.782. The lowest BCUT2D eigenvalue weighted by molar-refractivity contribution is 0.0691. The van der Waals surface area contributed by atoms with E-state index in [0.717, 1.165) is 0 Å². The summed E-state index contributed by atoms with van der Waals surface area (Å²) >= 11 is 5.84. The summed E-state index contributed by atoms with van der Waals surface area (Å²) in [6.45, 7) is 3.88. The highest BCUT2D eigenvalue weighted by molar-refractivity contribution is 6.32. The normalized spacial score (nSPS) is 9.93. The van der Waals surface area contributed by atoms with Crippen LogP contribution in [0, 0.1) is 6.92 Å². The summed E-state index contributed by atoms with van der Waals surface area (Å²) in [5, 5.41) is 9.29. The van der Waals surface area contributed by atoms with Crippen LogP contribution in [-0.2, 0) is 0 Å². The number of ether oxygens (including phenoxy) is 1. The van der Waals surface area contributed by atoms with Gasteiger partial charge in [0.2, 0.25) is 0 Å². The maximum atomic E-state index is 10.9. The fraction of sp³-hybridized carbons (Fsp3) is 0.300. The monoisotopic (exact) mass is 214 g/mol. The maximum absolute atomic E-state index is 10.9. The predicted molar refractivity (Wildman–Crippen MR) is 54.3 cm³/mol. The van der Waals surface area contributed by atoms with Crippen LogP contribution in [0.3, 0.4) is 0 Å². The molecule has 0 fully saturated rings. The van der Waals surface area contributed by atoms with Crippen molar-refractivity contribution in [3.05, 3.63) is 28.3 Å². The zero-order valence-corrected chi connectivity index (χ0v) is 8.76. The molecule has 0 bridgehead atoms. The Hall–Kier alpha value is -1.22. The van der Waals surface area contributed by atoms with Crippen LogP contribution in [0.4, 0.5) is 0 Å². The highest BCUT2D eigenvalue weighted by atomic mass is 35.5. The number of carbonyl (C=O) groups is 1. The first-order chi connectivity index (χ1) is 6.57. The number of halogens is 1. The van der Waals surface area contributed by atoms with Crippen molar-refractivity contribution in [1.29, 1.82) is 0 Å². The van der Waals surface area contributed by atoms with E-state index in [9.17, 15) is 4.79 Å². The zero-order valence-electron chi connectivity index (χ0n) is 8.00. The Bertz CT molecular complexity index is 361. The Morgan fingerprint density at radius 1 is 1.57 bits per heavy atom. The molecule has 0 saturated heterocycles. The van der Waals surface area contributed by atoms with E-state index in [1.807, 2.05) is 0 Å². The van der Waals surface area contributed by atoms with Crippen LogP contribution in [-0.4, -0.2) is 17.7 Å². The second-order valence-corrected chi connectivity index (χ2v) is 3.21. The van der Waals surface area contributed by atoms with Crippen LogP contribution in [0.1, 0.15) is 22.8 Å². The molecule has 3 nitrogen and oxygen atoms in total. The van der Waals surface area contributed by atoms with E-state index >= 15 is 0 Å². The van der Waals surface area contributed by atoms with Gasteiger partial charge in [-0.15, -0.1) is 0 Å². The average Bonchev–Trinajstić information content (AvgIpc) is 2.11. The number of carboxylic acid groups (broad SMARTS) is 1. The highest BCUT2D eigenvalue weighted by Crippen LogP contribution is 2.31. The van der Waals surface area contributed by atoms with Gasteiger partial charge in [0, 0.05) is 0 Å². The smallest absolute Gasteiger partial charge is 0.339 e. The van der Waals surface area contributed by atoms with Gasteiger partial charge < -0.3 is 9.84 Å². The van der Waals surface area contributed by atoms with Gasteiger partial charge >= 0.3 is 5.97 Å². The Kier molecular flexibility index (Phi) is 3.36. The SMILES string of the molecule is CCOc1c(Cl)ccc(C)c1C(=O)O. The molecule has 0 atom stereocenters. The molecule has 0 aliphatic heterocycles. The predicted octanol–water partition coefficient (Wildman–Crippen LogP) is 2.75. The Labute approximate surface area is 87.3 Å². The lowest BCUT2D eigenvalue weighted by Crippen LogP contribution is -2.05. The van der Waals surface area contributed by atoms with Crippen molar-refractivity contribution >= 4 is 17.6 Å². The summed E-state index contributed by atoms with van der Waals surface area (Å²) in [7, 11) is 0. The number of aromatic carboxylic acids is 1. The van der Waals surface area contributed by atoms with Crippen molar-refractivity contribution in [2.45, 2.75) is 13.8 Å². The molecule has 0 saturated carbocycles. The van der Waals surface area contributed by atoms with Gasteiger partial charge in [0.1, 0.15) is 5.56 Å². The van der Waals surface area contributed by atoms with Crippen LogP contribution in [0.25, 0.3) is 0 Å². The molecule has 0 aromatic heterocycles. The zero-order chi connectivity index (χ0) is 10.7. The third-order valence-electron chi connectivity index (χ3n) is 1.82. The van der Waals surface area contributed by atoms with Gasteiger partial charge in [0.15, 0.2) is 5.75 Å². The molecule has 0 heterocycles. The molecule has 76 valence electrons. The van der Waals surface area contributed by atoms with Crippen LogP contribution in [0.2, 0.25) is 5.02 Å². The van der Waals surface area contributed by atoms with Crippen LogP contribution < -0.4 is 4.74 Å². The quantitative estimate of drug-likeness (QED) is 0.842. The Morgan fingerprint density at radius 3 is 2.71 bits per heavy atom. The molecule has 14 heavy (non-hydrogen) atoms. The molecule has 1 N–H and O–H groups in total. The van der Waals surface area contributed by atoms with Gasteiger partial charge in [-0.2, -0.15) is 0 Å². The number of aryl methyl sites for hydroxylation is 1. The van der Waals surface area contributed by atoms with E-state index in [1.165, 1.54) is 0 Å². The minimum absolute atomic E-state index is 0.138. The summed E-state index contributed by atoms with van der Waals surface area (Å²) in [5.74, 6) is -0.768. The largest absolute Gasteiger partial charge is 0.491 e. The molecule has 4 heteroatoms. The number of carboxylic acids is 1. The minimum Gasteiger partial charge on any atom is -0.491 e. The molecule has 0 radical (unpaired) electrons. The number of hydrogen-bond donors (Lipinski definition) is 1. The lowest BCUT2D eigenvalue weighted by Gasteiger charge is -2.10. The molecule has 0 aliphatic rings. The first-order valence-electron chi connectivity index (χ1n) is 4.23. The van der Waals surface area contributed by atoms with Crippen molar-refractivity contribution in [3.8, 4) is 5.75 Å². The minimum atomic E-state index is -1.02. The van der Waals surface area contributed by atoms with E-state index in [1.54, 1.807) is 26.0 Å². The summed E-state index contributed by atoms with van der Waals surface area (Å²) in [6, 6.07) is 3.29. The fourth-order valence-corrected chi connectivity index (χ4v) is 1.42. The van der Waals surface area contributed by atoms with Crippen molar-refractivity contribution in [2.75, 3.05) is 6.61 Å². The van der Waals surface area contributed by atoms with Gasteiger partial charge in [0.05, 0.1) is 11.6 Å². The van der Waals surface area contributed by atoms with E-state index in [2.05, 4.69) is 0 Å². The molecule has 0 spiro atoms. The molecule has 0 amide bonds. The van der Waals surface area contributed by atoms with E-state index in [0.29, 0.717) is 17.2 Å². The lowest BCUT2D eigenvalue weighted by atomic mass is 10.1. The topological polar surface area (TPSA) is 46.5 Å². The van der Waals surface area contributed by atoms with Gasteiger partial charge in [-0.25, -0.2) is 4.79 Å². The van der Waals surface area contributed by atoms with Crippen molar-refractivity contribution in [3.63, 3.8) is 0 Å². The highest BCUT2D eigenvalue weighted by Gasteiger charge is 2.17. The third kappa shape index (κ3) is 1.99. The molecule has 1 aromatic rings. The van der Waals surface area contributed by atoms with Gasteiger partial charge in [-0.3, -0.25) is 0 Å². The number of benzene rings is 1. The van der Waals surface area contributed by atoms with Gasteiger partial charge in [-0.1, -0.05) is 17.7 Å². The molecule has 1 aromatic carbocycles. The third-order valence-corrected chi connectivity index (χ3v) is 2.12. The van der Waals surface area contributed by atoms with Crippen molar-refractivity contribution in [2.24, 2.45) is 0 Å². The standard InChI is InChI=1S/C10H11ClO3/c1-3-14-9-7(11)5-4-6(2)8(9)10(12)13/h4-5H,3H2,1-2H3,(H,12,13). The second kappa shape index (κ2) is 4.33. The number of hydrogen-bond acceptors (Lipinski definition) is 2. The Morgan fingerprint density at radius 2 is 2.21 bits per heavy atom. The maximum Gasteiger partial charge on any atom is 0.339 e. The summed E-state index contributed by atoms with van der Waals surface area (Å²) in [4.78, 5) is 10.9. The second-order valence-electron chi connectivity index (χ2n) is 2.81. The summed E-state index contributed by atoms with van der Waals surface area (Å²) < 4.78 is 5.20. The van der Waals surface area contributed by atoms with Gasteiger partial charge in [-0.05, 0) is 25.5 Å². The molecule has 1 rings (SSSR count). The first-order valence-corrected chi connectivity index (χ1v) is 4.61. The molecular formula is C10H11ClO3. The number of rotatable bonds is 3. The summed E-state index contributed by atoms with van der Waals surface area (Å²) in [6.07, 6.45) is 0. The van der Waals surface area contributed by atoms with Gasteiger partial charge in [0.25, 0.3) is 0 Å². The first kappa shape index (κ1) is 10.9. The fourth-order valence-electron chi connectivity index (χ4n) is 1.21. The molecular weight excluding hydrogens is 204 g/mol. The molecule has 0 unspecified atom stereocenters. The van der Waals surface area contributed by atoms with E-state index < -0.39 is 5.97 Å². The van der Waals surface area contributed by atoms with Crippen LogP contribution >= 0.6 is 11.6 Å².